The summed E-state index contributed by atoms with van der Waals surface area (Å²) in [6.07, 6.45) is 8.52. The minimum absolute atomic E-state index is 0.0468. The quantitative estimate of drug-likeness (QED) is 0.432. The molecule has 1 saturated heterocycles. The SMILES string of the molecule is O=C(CCC1=CCCC(=C(c2ccccc2)c2ccccc2)CC1)O[C@@H]1CCOC1. The lowest BCUT2D eigenvalue weighted by atomic mass is 9.89. The van der Waals surface area contributed by atoms with Crippen molar-refractivity contribution in [3.63, 3.8) is 0 Å². The number of hydrogen-bond donors (Lipinski definition) is 0. The van der Waals surface area contributed by atoms with Crippen molar-refractivity contribution in [2.75, 3.05) is 13.2 Å². The Bertz CT molecular complexity index is 849. The third-order valence-corrected chi connectivity index (χ3v) is 5.94. The van der Waals surface area contributed by atoms with Gasteiger partial charge in [0, 0.05) is 12.8 Å². The van der Waals surface area contributed by atoms with Crippen LogP contribution in [0.4, 0.5) is 0 Å². The van der Waals surface area contributed by atoms with Crippen molar-refractivity contribution in [3.8, 4) is 0 Å². The van der Waals surface area contributed by atoms with E-state index in [0.29, 0.717) is 19.6 Å². The van der Waals surface area contributed by atoms with Crippen molar-refractivity contribution in [3.05, 3.63) is 89.0 Å². The molecule has 0 radical (unpaired) electrons. The third kappa shape index (κ3) is 5.48. The van der Waals surface area contributed by atoms with E-state index < -0.39 is 0 Å². The zero-order valence-electron chi connectivity index (χ0n) is 17.5. The molecule has 0 saturated carbocycles. The molecule has 2 aromatic carbocycles. The number of benzene rings is 2. The number of carbonyl (C=O) groups excluding carboxylic acids is 1. The van der Waals surface area contributed by atoms with E-state index in [1.165, 1.54) is 27.8 Å². The van der Waals surface area contributed by atoms with Gasteiger partial charge < -0.3 is 9.47 Å². The molecule has 0 N–H and O–H groups in total. The fourth-order valence-corrected chi connectivity index (χ4v) is 4.36. The minimum atomic E-state index is -0.0966. The van der Waals surface area contributed by atoms with Crippen LogP contribution >= 0.6 is 0 Å². The summed E-state index contributed by atoms with van der Waals surface area (Å²) in [4.78, 5) is 12.2. The highest BCUT2D eigenvalue weighted by atomic mass is 16.6. The van der Waals surface area contributed by atoms with Crippen LogP contribution in [0.25, 0.3) is 5.57 Å². The van der Waals surface area contributed by atoms with Gasteiger partial charge in [-0.1, -0.05) is 77.9 Å². The number of ether oxygens (including phenoxy) is 2. The van der Waals surface area contributed by atoms with Crippen LogP contribution < -0.4 is 0 Å². The van der Waals surface area contributed by atoms with Crippen LogP contribution in [0.3, 0.4) is 0 Å². The minimum Gasteiger partial charge on any atom is -0.460 e. The van der Waals surface area contributed by atoms with Crippen molar-refractivity contribution >= 4 is 11.5 Å². The molecule has 2 aliphatic rings. The highest BCUT2D eigenvalue weighted by Crippen LogP contribution is 2.35. The Kier molecular flexibility index (Phi) is 7.15. The van der Waals surface area contributed by atoms with Crippen molar-refractivity contribution in [2.45, 2.75) is 51.0 Å². The number of allylic oxidation sites excluding steroid dienone is 3. The maximum absolute atomic E-state index is 12.2. The van der Waals surface area contributed by atoms with Crippen molar-refractivity contribution in [1.29, 1.82) is 0 Å². The molecule has 1 fully saturated rings. The molecule has 1 aliphatic carbocycles. The monoisotopic (exact) mass is 402 g/mol. The molecule has 0 bridgehead atoms. The lowest BCUT2D eigenvalue weighted by Crippen LogP contribution is -2.17. The molecule has 4 rings (SSSR count). The second kappa shape index (κ2) is 10.4. The van der Waals surface area contributed by atoms with Gasteiger partial charge in [-0.2, -0.15) is 0 Å². The molecule has 3 nitrogen and oxygen atoms in total. The van der Waals surface area contributed by atoms with E-state index in [-0.39, 0.29) is 12.1 Å². The van der Waals surface area contributed by atoms with E-state index in [9.17, 15) is 4.79 Å². The number of carbonyl (C=O) groups is 1. The molecule has 30 heavy (non-hydrogen) atoms. The van der Waals surface area contributed by atoms with Gasteiger partial charge in [0.2, 0.25) is 0 Å². The largest absolute Gasteiger partial charge is 0.460 e. The summed E-state index contributed by atoms with van der Waals surface area (Å²) in [5.41, 5.74) is 6.81. The van der Waals surface area contributed by atoms with Crippen LogP contribution in [-0.4, -0.2) is 25.3 Å². The van der Waals surface area contributed by atoms with Gasteiger partial charge in [-0.25, -0.2) is 0 Å². The number of esters is 1. The molecular weight excluding hydrogens is 372 g/mol. The van der Waals surface area contributed by atoms with Crippen LogP contribution in [0, 0.1) is 0 Å². The normalized spacial score (nSPS) is 19.1. The Morgan fingerprint density at radius 2 is 1.63 bits per heavy atom. The van der Waals surface area contributed by atoms with Gasteiger partial charge in [0.1, 0.15) is 6.10 Å². The predicted molar refractivity (Wildman–Crippen MR) is 120 cm³/mol. The van der Waals surface area contributed by atoms with Gasteiger partial charge in [-0.15, -0.1) is 0 Å². The van der Waals surface area contributed by atoms with Crippen molar-refractivity contribution < 1.29 is 14.3 Å². The predicted octanol–water partition coefficient (Wildman–Crippen LogP) is 6.10. The number of rotatable bonds is 6. The average molecular weight is 403 g/mol. The van der Waals surface area contributed by atoms with Crippen molar-refractivity contribution in [2.24, 2.45) is 0 Å². The van der Waals surface area contributed by atoms with Crippen LogP contribution in [-0.2, 0) is 14.3 Å². The molecule has 3 heteroatoms. The lowest BCUT2D eigenvalue weighted by molar-refractivity contribution is -0.148. The second-order valence-electron chi connectivity index (χ2n) is 8.09. The summed E-state index contributed by atoms with van der Waals surface area (Å²) >= 11 is 0. The summed E-state index contributed by atoms with van der Waals surface area (Å²) in [5, 5.41) is 0. The second-order valence-corrected chi connectivity index (χ2v) is 8.09. The molecule has 0 spiro atoms. The highest BCUT2D eigenvalue weighted by Gasteiger charge is 2.20. The zero-order chi connectivity index (χ0) is 20.6. The van der Waals surface area contributed by atoms with E-state index in [2.05, 4.69) is 66.7 Å². The Labute approximate surface area is 179 Å². The molecular formula is C27H30O3. The molecule has 0 aromatic heterocycles. The maximum atomic E-state index is 12.2. The van der Waals surface area contributed by atoms with Gasteiger partial charge >= 0.3 is 5.97 Å². The Morgan fingerprint density at radius 1 is 0.933 bits per heavy atom. The molecule has 1 heterocycles. The fraction of sp³-hybridized carbons (Fsp3) is 0.370. The first kappa shape index (κ1) is 20.6. The third-order valence-electron chi connectivity index (χ3n) is 5.94. The summed E-state index contributed by atoms with van der Waals surface area (Å²) < 4.78 is 10.8. The van der Waals surface area contributed by atoms with E-state index >= 15 is 0 Å². The standard InChI is InChI=1S/C27H30O3/c28-26(30-25-18-19-29-20-25)17-15-21-8-7-13-24(16-14-21)27(22-9-3-1-4-10-22)23-11-5-2-6-12-23/h1-6,8-12,25H,7,13-20H2/t25-/m1/s1. The molecule has 0 unspecified atom stereocenters. The molecule has 1 atom stereocenters. The van der Waals surface area contributed by atoms with Crippen LogP contribution in [0.15, 0.2) is 77.9 Å². The first-order valence-electron chi connectivity index (χ1n) is 11.1. The summed E-state index contributed by atoms with van der Waals surface area (Å²) in [7, 11) is 0. The molecule has 0 amide bonds. The van der Waals surface area contributed by atoms with E-state index in [1.54, 1.807) is 0 Å². The summed E-state index contributed by atoms with van der Waals surface area (Å²) in [6, 6.07) is 21.4. The smallest absolute Gasteiger partial charge is 0.306 e. The van der Waals surface area contributed by atoms with Crippen LogP contribution in [0.1, 0.15) is 56.1 Å². The fourth-order valence-electron chi connectivity index (χ4n) is 4.36. The first-order chi connectivity index (χ1) is 14.8. The Balaban J connectivity index is 1.43. The van der Waals surface area contributed by atoms with E-state index in [4.69, 9.17) is 9.47 Å². The van der Waals surface area contributed by atoms with Gasteiger partial charge in [0.25, 0.3) is 0 Å². The van der Waals surface area contributed by atoms with Gasteiger partial charge in [0.05, 0.1) is 13.2 Å². The number of hydrogen-bond acceptors (Lipinski definition) is 3. The van der Waals surface area contributed by atoms with Gasteiger partial charge in [-0.3, -0.25) is 4.79 Å². The zero-order valence-corrected chi connectivity index (χ0v) is 17.5. The van der Waals surface area contributed by atoms with E-state index in [1.807, 2.05) is 0 Å². The first-order valence-corrected chi connectivity index (χ1v) is 11.1. The summed E-state index contributed by atoms with van der Waals surface area (Å²) in [5.74, 6) is -0.0966. The Hall–Kier alpha value is -2.65. The topological polar surface area (TPSA) is 35.5 Å². The van der Waals surface area contributed by atoms with E-state index in [0.717, 1.165) is 38.5 Å². The van der Waals surface area contributed by atoms with Gasteiger partial charge in [-0.05, 0) is 48.8 Å². The average Bonchev–Trinajstić information content (AvgIpc) is 3.18. The molecule has 1 aliphatic heterocycles. The summed E-state index contributed by atoms with van der Waals surface area (Å²) in [6.45, 7) is 1.24. The maximum Gasteiger partial charge on any atom is 0.306 e. The Morgan fingerprint density at radius 3 is 2.27 bits per heavy atom. The lowest BCUT2D eigenvalue weighted by Gasteiger charge is -2.16. The molecule has 156 valence electrons. The molecule has 2 aromatic rings. The van der Waals surface area contributed by atoms with Gasteiger partial charge in [0.15, 0.2) is 0 Å². The van der Waals surface area contributed by atoms with Crippen LogP contribution in [0.2, 0.25) is 0 Å². The highest BCUT2D eigenvalue weighted by molar-refractivity contribution is 5.82. The van der Waals surface area contributed by atoms with Crippen molar-refractivity contribution in [1.82, 2.24) is 0 Å². The van der Waals surface area contributed by atoms with Crippen LogP contribution in [0.5, 0.6) is 0 Å².